The maximum Gasteiger partial charge on any atom is 0.315 e. The lowest BCUT2D eigenvalue weighted by Crippen LogP contribution is -2.36. The molecule has 0 aromatic heterocycles. The first-order chi connectivity index (χ1) is 17.6. The van der Waals surface area contributed by atoms with Crippen LogP contribution in [0.15, 0.2) is 84.9 Å². The van der Waals surface area contributed by atoms with E-state index in [1.54, 1.807) is 19.1 Å². The molecule has 180 valence electrons. The van der Waals surface area contributed by atoms with Crippen molar-refractivity contribution >= 4 is 33.5 Å². The molecule has 4 aromatic rings. The van der Waals surface area contributed by atoms with Crippen LogP contribution in [0.4, 0.5) is 0 Å². The smallest absolute Gasteiger partial charge is 0.315 e. The van der Waals surface area contributed by atoms with E-state index >= 15 is 0 Å². The van der Waals surface area contributed by atoms with Crippen LogP contribution in [0.25, 0.3) is 32.7 Å². The van der Waals surface area contributed by atoms with Gasteiger partial charge in [-0.05, 0) is 59.2 Å². The summed E-state index contributed by atoms with van der Waals surface area (Å²) in [7, 11) is 0. The number of carbonyl (C=O) groups is 2. The molecule has 1 N–H and O–H groups in total. The molecule has 0 amide bonds. The van der Waals surface area contributed by atoms with Crippen molar-refractivity contribution in [1.29, 1.82) is 0 Å². The zero-order valence-corrected chi connectivity index (χ0v) is 19.9. The summed E-state index contributed by atoms with van der Waals surface area (Å²) in [4.78, 5) is 26.3. The zero-order chi connectivity index (χ0) is 24.8. The Kier molecular flexibility index (Phi) is 5.48. The highest BCUT2D eigenvalue weighted by molar-refractivity contribution is 6.09. The number of phenols is 1. The van der Waals surface area contributed by atoms with Crippen molar-refractivity contribution in [2.45, 2.75) is 13.3 Å². The van der Waals surface area contributed by atoms with Crippen molar-refractivity contribution in [2.24, 2.45) is 23.7 Å². The highest BCUT2D eigenvalue weighted by Gasteiger charge is 2.53. The van der Waals surface area contributed by atoms with Gasteiger partial charge in [-0.2, -0.15) is 0 Å². The summed E-state index contributed by atoms with van der Waals surface area (Å²) in [6.45, 7) is 2.06. The maximum absolute atomic E-state index is 13.6. The summed E-state index contributed by atoms with van der Waals surface area (Å²) in [6.07, 6.45) is 4.82. The van der Waals surface area contributed by atoms with E-state index in [0.29, 0.717) is 5.75 Å². The van der Waals surface area contributed by atoms with Gasteiger partial charge in [0.15, 0.2) is 0 Å². The number of aromatic hydroxyl groups is 1. The van der Waals surface area contributed by atoms with Gasteiger partial charge >= 0.3 is 11.9 Å². The second-order valence-corrected chi connectivity index (χ2v) is 9.51. The molecule has 36 heavy (non-hydrogen) atoms. The molecule has 0 radical (unpaired) electrons. The van der Waals surface area contributed by atoms with E-state index in [1.165, 1.54) is 0 Å². The van der Waals surface area contributed by atoms with Crippen molar-refractivity contribution in [3.63, 3.8) is 0 Å². The average molecular weight is 479 g/mol. The Morgan fingerprint density at radius 3 is 2.00 bits per heavy atom. The van der Waals surface area contributed by atoms with Crippen LogP contribution >= 0.6 is 0 Å². The van der Waals surface area contributed by atoms with Crippen LogP contribution in [0.1, 0.15) is 13.3 Å². The molecule has 5 nitrogen and oxygen atoms in total. The molecule has 2 bridgehead atoms. The first-order valence-electron chi connectivity index (χ1n) is 12.4. The van der Waals surface area contributed by atoms with E-state index in [2.05, 4.69) is 0 Å². The summed E-state index contributed by atoms with van der Waals surface area (Å²) >= 11 is 0. The number of ether oxygens (including phenoxy) is 2. The van der Waals surface area contributed by atoms with E-state index in [-0.39, 0.29) is 30.2 Å². The monoisotopic (exact) mass is 478 g/mol. The minimum absolute atomic E-state index is 0.00772. The number of phenolic OH excluding ortho intramolecular Hbond substituents is 1. The first-order valence-corrected chi connectivity index (χ1v) is 12.4. The molecule has 4 aromatic carbocycles. The Morgan fingerprint density at radius 2 is 1.33 bits per heavy atom. The largest absolute Gasteiger partial charge is 0.507 e. The van der Waals surface area contributed by atoms with Crippen LogP contribution in [-0.2, 0) is 14.3 Å². The van der Waals surface area contributed by atoms with Gasteiger partial charge in [-0.25, -0.2) is 0 Å². The number of esters is 2. The second-order valence-electron chi connectivity index (χ2n) is 9.51. The molecule has 0 aliphatic heterocycles. The average Bonchev–Trinajstić information content (AvgIpc) is 3.51. The lowest BCUT2D eigenvalue weighted by Gasteiger charge is -2.25. The number of benzene rings is 4. The van der Waals surface area contributed by atoms with Crippen LogP contribution in [0, 0.1) is 23.7 Å². The van der Waals surface area contributed by atoms with E-state index in [1.807, 2.05) is 72.8 Å². The summed E-state index contributed by atoms with van der Waals surface area (Å²) < 4.78 is 11.4. The fourth-order valence-electron chi connectivity index (χ4n) is 6.04. The quantitative estimate of drug-likeness (QED) is 0.208. The molecule has 1 fully saturated rings. The summed E-state index contributed by atoms with van der Waals surface area (Å²) in [5.41, 5.74) is 1.71. The Hall–Kier alpha value is -4.12. The Labute approximate surface area is 209 Å². The van der Waals surface area contributed by atoms with Crippen molar-refractivity contribution in [2.75, 3.05) is 6.61 Å². The predicted molar refractivity (Wildman–Crippen MR) is 139 cm³/mol. The third-order valence-corrected chi connectivity index (χ3v) is 7.54. The van der Waals surface area contributed by atoms with Crippen LogP contribution in [0.3, 0.4) is 0 Å². The number of hydrogen-bond acceptors (Lipinski definition) is 5. The lowest BCUT2D eigenvalue weighted by atomic mass is 9.83. The number of carbonyl (C=O) groups excluding carboxylic acids is 2. The second kappa shape index (κ2) is 8.83. The number of rotatable bonds is 5. The lowest BCUT2D eigenvalue weighted by molar-refractivity contribution is -0.156. The third-order valence-electron chi connectivity index (χ3n) is 7.54. The standard InChI is InChI=1S/C31H26O5/c1-2-35-30(33)28-20-15-16-21(17-20)29(28)31(34)36-25-14-6-10-19-8-4-12-23(27(19)25)22-11-3-7-18-9-5-13-24(32)26(18)22/h3-16,20-21,28-29,32H,2,17H2,1H3/t20-,21+,28-,29-/m0/s1. The number of hydrogen-bond donors (Lipinski definition) is 1. The van der Waals surface area contributed by atoms with E-state index in [9.17, 15) is 14.7 Å². The summed E-state index contributed by atoms with van der Waals surface area (Å²) in [5, 5.41) is 14.1. The minimum atomic E-state index is -0.567. The fourth-order valence-corrected chi connectivity index (χ4v) is 6.04. The van der Waals surface area contributed by atoms with Gasteiger partial charge in [0.05, 0.1) is 18.4 Å². The van der Waals surface area contributed by atoms with Crippen LogP contribution in [-0.4, -0.2) is 23.7 Å². The van der Waals surface area contributed by atoms with Crippen molar-refractivity contribution in [3.05, 3.63) is 84.9 Å². The van der Waals surface area contributed by atoms with Gasteiger partial charge in [0, 0.05) is 10.8 Å². The Morgan fingerprint density at radius 1 is 0.778 bits per heavy atom. The molecule has 6 rings (SSSR count). The third kappa shape index (κ3) is 3.54. The van der Waals surface area contributed by atoms with Crippen LogP contribution in [0.2, 0.25) is 0 Å². The Bertz CT molecular complexity index is 1520. The Balaban J connectivity index is 1.44. The molecule has 0 unspecified atom stereocenters. The molecule has 5 heteroatoms. The van der Waals surface area contributed by atoms with Crippen molar-refractivity contribution < 1.29 is 24.2 Å². The van der Waals surface area contributed by atoms with E-state index in [0.717, 1.165) is 39.1 Å². The van der Waals surface area contributed by atoms with E-state index < -0.39 is 17.8 Å². The molecule has 2 aliphatic rings. The number of fused-ring (bicyclic) bond motifs is 4. The molecule has 1 saturated carbocycles. The number of allylic oxidation sites excluding steroid dienone is 2. The summed E-state index contributed by atoms with van der Waals surface area (Å²) in [5.74, 6) is -1.21. The van der Waals surface area contributed by atoms with Gasteiger partial charge in [-0.3, -0.25) is 9.59 Å². The van der Waals surface area contributed by atoms with Gasteiger partial charge in [0.2, 0.25) is 0 Å². The van der Waals surface area contributed by atoms with Gasteiger partial charge in [0.1, 0.15) is 11.5 Å². The molecule has 4 atom stereocenters. The molecule has 2 aliphatic carbocycles. The SMILES string of the molecule is CCOC(=O)[C@@H]1[C@@H](C(=O)Oc2cccc3cccc(-c4cccc5cccc(O)c45)c23)[C@@H]2C=C[C@H]1C2. The highest BCUT2D eigenvalue weighted by Crippen LogP contribution is 2.49. The zero-order valence-electron chi connectivity index (χ0n) is 19.9. The van der Waals surface area contributed by atoms with Crippen LogP contribution < -0.4 is 4.74 Å². The van der Waals surface area contributed by atoms with E-state index in [4.69, 9.17) is 9.47 Å². The van der Waals surface area contributed by atoms with Gasteiger partial charge < -0.3 is 14.6 Å². The first kappa shape index (κ1) is 22.4. The molecular weight excluding hydrogens is 452 g/mol. The summed E-state index contributed by atoms with van der Waals surface area (Å²) in [6, 6.07) is 22.9. The van der Waals surface area contributed by atoms with Gasteiger partial charge in [-0.15, -0.1) is 0 Å². The highest BCUT2D eigenvalue weighted by atomic mass is 16.5. The predicted octanol–water partition coefficient (Wildman–Crippen LogP) is 6.27. The van der Waals surface area contributed by atoms with Crippen LogP contribution in [0.5, 0.6) is 11.5 Å². The van der Waals surface area contributed by atoms with Gasteiger partial charge in [-0.1, -0.05) is 72.8 Å². The molecule has 0 spiro atoms. The minimum Gasteiger partial charge on any atom is -0.507 e. The normalized spacial score (nSPS) is 22.2. The topological polar surface area (TPSA) is 72.8 Å². The maximum atomic E-state index is 13.6. The van der Waals surface area contributed by atoms with Crippen molar-refractivity contribution in [1.82, 2.24) is 0 Å². The fraction of sp³-hybridized carbons (Fsp3) is 0.226. The molecule has 0 saturated heterocycles. The molecular formula is C31H26O5. The van der Waals surface area contributed by atoms with Gasteiger partial charge in [0.25, 0.3) is 0 Å². The van der Waals surface area contributed by atoms with Crippen molar-refractivity contribution in [3.8, 4) is 22.6 Å². The molecule has 0 heterocycles.